The fourth-order valence-electron chi connectivity index (χ4n) is 2.34. The molecule has 21 heavy (non-hydrogen) atoms. The van der Waals surface area contributed by atoms with E-state index in [-0.39, 0.29) is 12.5 Å². The number of rotatable bonds is 10. The molecule has 0 bridgehead atoms. The quantitative estimate of drug-likeness (QED) is 0.697. The van der Waals surface area contributed by atoms with Crippen LogP contribution in [0.25, 0.3) is 0 Å². The third-order valence-electron chi connectivity index (χ3n) is 3.62. The van der Waals surface area contributed by atoms with E-state index in [0.29, 0.717) is 18.9 Å². The summed E-state index contributed by atoms with van der Waals surface area (Å²) in [4.78, 5) is 11.9. The zero-order valence-electron chi connectivity index (χ0n) is 13.1. The minimum atomic E-state index is 0.0739. The Bertz CT molecular complexity index is 397. The third-order valence-corrected chi connectivity index (χ3v) is 3.62. The van der Waals surface area contributed by atoms with E-state index in [1.807, 2.05) is 24.3 Å². The number of aliphatic hydroxyl groups excluding tert-OH is 1. The van der Waals surface area contributed by atoms with Crippen molar-refractivity contribution in [3.05, 3.63) is 29.8 Å². The van der Waals surface area contributed by atoms with Crippen LogP contribution >= 0.6 is 0 Å². The number of aliphatic hydroxyl groups is 1. The Morgan fingerprint density at radius 2 is 2.00 bits per heavy atom. The maximum atomic E-state index is 11.9. The molecule has 0 aromatic heterocycles. The molecule has 1 unspecified atom stereocenters. The minimum absolute atomic E-state index is 0.0739. The minimum Gasteiger partial charge on any atom is -0.497 e. The SMILES string of the molecule is CCCC(CCO)CNC(=O)CCc1ccc(OC)cc1. The van der Waals surface area contributed by atoms with Crippen LogP contribution in [0.1, 0.15) is 38.2 Å². The van der Waals surface area contributed by atoms with Gasteiger partial charge >= 0.3 is 0 Å². The lowest BCUT2D eigenvalue weighted by atomic mass is 10.00. The van der Waals surface area contributed by atoms with E-state index in [9.17, 15) is 4.79 Å². The van der Waals surface area contributed by atoms with Gasteiger partial charge in [0, 0.05) is 19.6 Å². The van der Waals surface area contributed by atoms with Crippen molar-refractivity contribution >= 4 is 5.91 Å². The Morgan fingerprint density at radius 1 is 1.29 bits per heavy atom. The van der Waals surface area contributed by atoms with Gasteiger partial charge in [-0.25, -0.2) is 0 Å². The van der Waals surface area contributed by atoms with Crippen LogP contribution in [0, 0.1) is 5.92 Å². The van der Waals surface area contributed by atoms with Crippen LogP contribution in [0.2, 0.25) is 0 Å². The number of carbonyl (C=O) groups is 1. The van der Waals surface area contributed by atoms with E-state index in [4.69, 9.17) is 9.84 Å². The van der Waals surface area contributed by atoms with E-state index < -0.39 is 0 Å². The summed E-state index contributed by atoms with van der Waals surface area (Å²) in [6, 6.07) is 7.78. The van der Waals surface area contributed by atoms with Gasteiger partial charge in [0.25, 0.3) is 0 Å². The second-order valence-corrected chi connectivity index (χ2v) is 5.32. The van der Waals surface area contributed by atoms with E-state index in [2.05, 4.69) is 12.2 Å². The molecule has 0 saturated heterocycles. The average Bonchev–Trinajstić information content (AvgIpc) is 2.51. The second kappa shape index (κ2) is 10.2. The Hall–Kier alpha value is -1.55. The van der Waals surface area contributed by atoms with Gasteiger partial charge in [-0.2, -0.15) is 0 Å². The zero-order valence-corrected chi connectivity index (χ0v) is 13.1. The Morgan fingerprint density at radius 3 is 2.57 bits per heavy atom. The van der Waals surface area contributed by atoms with E-state index in [0.717, 1.165) is 37.0 Å². The lowest BCUT2D eigenvalue weighted by Gasteiger charge is -2.15. The van der Waals surface area contributed by atoms with E-state index in [1.165, 1.54) is 0 Å². The molecule has 0 spiro atoms. The van der Waals surface area contributed by atoms with Crippen molar-refractivity contribution < 1.29 is 14.6 Å². The molecule has 0 radical (unpaired) electrons. The molecule has 2 N–H and O–H groups in total. The van der Waals surface area contributed by atoms with Gasteiger partial charge in [0.05, 0.1) is 7.11 Å². The zero-order chi connectivity index (χ0) is 15.5. The van der Waals surface area contributed by atoms with Gasteiger partial charge in [0.2, 0.25) is 5.91 Å². The topological polar surface area (TPSA) is 58.6 Å². The van der Waals surface area contributed by atoms with Crippen molar-refractivity contribution in [1.82, 2.24) is 5.32 Å². The monoisotopic (exact) mass is 293 g/mol. The molecule has 0 aliphatic rings. The summed E-state index contributed by atoms with van der Waals surface area (Å²) in [7, 11) is 1.64. The largest absolute Gasteiger partial charge is 0.497 e. The van der Waals surface area contributed by atoms with Gasteiger partial charge in [-0.15, -0.1) is 0 Å². The van der Waals surface area contributed by atoms with Crippen LogP contribution in [0.3, 0.4) is 0 Å². The second-order valence-electron chi connectivity index (χ2n) is 5.32. The number of ether oxygens (including phenoxy) is 1. The van der Waals surface area contributed by atoms with Gasteiger partial charge < -0.3 is 15.2 Å². The van der Waals surface area contributed by atoms with Crippen LogP contribution in [0.15, 0.2) is 24.3 Å². The summed E-state index contributed by atoms with van der Waals surface area (Å²) in [5.74, 6) is 1.28. The van der Waals surface area contributed by atoms with Crippen LogP contribution < -0.4 is 10.1 Å². The molecule has 1 aromatic rings. The molecule has 0 saturated carbocycles. The average molecular weight is 293 g/mol. The van der Waals surface area contributed by atoms with E-state index in [1.54, 1.807) is 7.11 Å². The molecule has 0 heterocycles. The van der Waals surface area contributed by atoms with E-state index >= 15 is 0 Å². The normalized spacial score (nSPS) is 12.0. The highest BCUT2D eigenvalue weighted by molar-refractivity contribution is 5.76. The summed E-state index contributed by atoms with van der Waals surface area (Å²) in [6.07, 6.45) is 4.09. The fraction of sp³-hybridized carbons (Fsp3) is 0.588. The van der Waals surface area contributed by atoms with Crippen molar-refractivity contribution in [2.75, 3.05) is 20.3 Å². The first kappa shape index (κ1) is 17.5. The lowest BCUT2D eigenvalue weighted by molar-refractivity contribution is -0.121. The molecule has 0 aliphatic carbocycles. The summed E-state index contributed by atoms with van der Waals surface area (Å²) >= 11 is 0. The van der Waals surface area contributed by atoms with Gasteiger partial charge in [0.1, 0.15) is 5.75 Å². The molecule has 118 valence electrons. The molecule has 4 nitrogen and oxygen atoms in total. The number of aryl methyl sites for hydroxylation is 1. The molecular weight excluding hydrogens is 266 g/mol. The molecule has 1 aromatic carbocycles. The Balaban J connectivity index is 2.29. The Labute approximate surface area is 127 Å². The number of amides is 1. The van der Waals surface area contributed by atoms with Crippen molar-refractivity contribution in [3.63, 3.8) is 0 Å². The van der Waals surface area contributed by atoms with Crippen LogP contribution in [0.5, 0.6) is 5.75 Å². The fourth-order valence-corrected chi connectivity index (χ4v) is 2.34. The molecule has 1 amide bonds. The van der Waals surface area contributed by atoms with Crippen molar-refractivity contribution in [3.8, 4) is 5.75 Å². The van der Waals surface area contributed by atoms with Crippen LogP contribution in [-0.2, 0) is 11.2 Å². The summed E-state index contributed by atoms with van der Waals surface area (Å²) < 4.78 is 5.11. The highest BCUT2D eigenvalue weighted by Crippen LogP contribution is 2.13. The number of hydrogen-bond acceptors (Lipinski definition) is 3. The molecule has 0 aliphatic heterocycles. The number of benzene rings is 1. The number of nitrogens with one attached hydrogen (secondary N) is 1. The third kappa shape index (κ3) is 7.14. The molecule has 1 atom stereocenters. The smallest absolute Gasteiger partial charge is 0.220 e. The summed E-state index contributed by atoms with van der Waals surface area (Å²) in [6.45, 7) is 2.97. The van der Waals surface area contributed by atoms with Gasteiger partial charge in [0.15, 0.2) is 0 Å². The first-order valence-corrected chi connectivity index (χ1v) is 7.70. The number of carbonyl (C=O) groups excluding carboxylic acids is 1. The first-order valence-electron chi connectivity index (χ1n) is 7.70. The molecular formula is C17H27NO3. The first-order chi connectivity index (χ1) is 10.2. The van der Waals surface area contributed by atoms with Crippen molar-refractivity contribution in [2.45, 2.75) is 39.0 Å². The maximum absolute atomic E-state index is 11.9. The maximum Gasteiger partial charge on any atom is 0.220 e. The van der Waals surface area contributed by atoms with Gasteiger partial charge in [-0.1, -0.05) is 25.5 Å². The number of methoxy groups -OCH3 is 1. The lowest BCUT2D eigenvalue weighted by Crippen LogP contribution is -2.29. The summed E-state index contributed by atoms with van der Waals surface area (Å²) in [5.41, 5.74) is 1.13. The van der Waals surface area contributed by atoms with Crippen molar-refractivity contribution in [1.29, 1.82) is 0 Å². The molecule has 0 fully saturated rings. The van der Waals surface area contributed by atoms with Crippen LogP contribution in [-0.4, -0.2) is 31.3 Å². The van der Waals surface area contributed by atoms with Gasteiger partial charge in [-0.05, 0) is 42.9 Å². The standard InChI is InChI=1S/C17H27NO3/c1-3-4-15(11-12-19)13-18-17(20)10-7-14-5-8-16(21-2)9-6-14/h5-6,8-9,15,19H,3-4,7,10-13H2,1-2H3,(H,18,20). The van der Waals surface area contributed by atoms with Crippen molar-refractivity contribution in [2.24, 2.45) is 5.92 Å². The summed E-state index contributed by atoms with van der Waals surface area (Å²) in [5, 5.41) is 12.0. The molecule has 4 heteroatoms. The highest BCUT2D eigenvalue weighted by Gasteiger charge is 2.09. The highest BCUT2D eigenvalue weighted by atomic mass is 16.5. The number of hydrogen-bond donors (Lipinski definition) is 2. The molecule has 1 rings (SSSR count). The predicted molar refractivity (Wildman–Crippen MR) is 84.4 cm³/mol. The van der Waals surface area contributed by atoms with Crippen LogP contribution in [0.4, 0.5) is 0 Å². The Kier molecular flexibility index (Phi) is 8.51. The predicted octanol–water partition coefficient (Wildman–Crippen LogP) is 2.54. The van der Waals surface area contributed by atoms with Gasteiger partial charge in [-0.3, -0.25) is 4.79 Å².